The van der Waals surface area contributed by atoms with Gasteiger partial charge in [0.1, 0.15) is 0 Å². The molecule has 0 aliphatic rings. The molecule has 2 rings (SSSR count). The Morgan fingerprint density at radius 2 is 2.18 bits per heavy atom. The highest BCUT2D eigenvalue weighted by Crippen LogP contribution is 2.18. The van der Waals surface area contributed by atoms with Crippen LogP contribution in [-0.4, -0.2) is 30.2 Å². The third-order valence-electron chi connectivity index (χ3n) is 2.72. The molecule has 0 aliphatic carbocycles. The molecule has 2 aromatic heterocycles. The van der Waals surface area contributed by atoms with Crippen LogP contribution in [0.3, 0.4) is 0 Å². The Hall–Kier alpha value is -1.27. The van der Waals surface area contributed by atoms with Crippen LogP contribution in [0.25, 0.3) is 0 Å². The van der Waals surface area contributed by atoms with Crippen LogP contribution in [0.5, 0.6) is 0 Å². The van der Waals surface area contributed by atoms with Gasteiger partial charge in [0, 0.05) is 31.7 Å². The summed E-state index contributed by atoms with van der Waals surface area (Å²) in [6, 6.07) is 2.03. The van der Waals surface area contributed by atoms with E-state index < -0.39 is 0 Å². The topological polar surface area (TPSA) is 55.9 Å². The summed E-state index contributed by atoms with van der Waals surface area (Å²) in [4.78, 5) is 4.27. The highest BCUT2D eigenvalue weighted by Gasteiger charge is 2.06. The van der Waals surface area contributed by atoms with Crippen molar-refractivity contribution in [2.75, 3.05) is 5.75 Å². The van der Waals surface area contributed by atoms with Crippen LogP contribution in [0, 0.1) is 0 Å². The highest BCUT2D eigenvalue weighted by molar-refractivity contribution is 7.99. The van der Waals surface area contributed by atoms with Crippen molar-refractivity contribution in [1.29, 1.82) is 0 Å². The number of rotatable bonds is 5. The van der Waals surface area contributed by atoms with E-state index in [1.165, 1.54) is 5.69 Å². The molecule has 0 saturated carbocycles. The number of thioether (sulfide) groups is 1. The van der Waals surface area contributed by atoms with Gasteiger partial charge < -0.3 is 9.67 Å². The van der Waals surface area contributed by atoms with E-state index in [0.29, 0.717) is 0 Å². The number of aryl methyl sites for hydroxylation is 2. The second-order valence-corrected chi connectivity index (χ2v) is 4.86. The van der Waals surface area contributed by atoms with Gasteiger partial charge in [-0.2, -0.15) is 5.10 Å². The Bertz CT molecular complexity index is 491. The molecule has 0 amide bonds. The van der Waals surface area contributed by atoms with Gasteiger partial charge in [-0.3, -0.25) is 4.68 Å². The fourth-order valence-electron chi connectivity index (χ4n) is 1.60. The number of hydrogen-bond acceptors (Lipinski definition) is 4. The average molecular weight is 252 g/mol. The first-order chi connectivity index (χ1) is 8.22. The molecule has 2 heterocycles. The van der Waals surface area contributed by atoms with Crippen molar-refractivity contribution in [2.24, 2.45) is 14.1 Å². The van der Waals surface area contributed by atoms with Gasteiger partial charge >= 0.3 is 0 Å². The fourth-order valence-corrected chi connectivity index (χ4v) is 2.53. The van der Waals surface area contributed by atoms with Gasteiger partial charge in [0.15, 0.2) is 5.16 Å². The second kappa shape index (κ2) is 5.37. The summed E-state index contributed by atoms with van der Waals surface area (Å²) in [5, 5.41) is 14.1. The van der Waals surface area contributed by atoms with Crippen molar-refractivity contribution in [1.82, 2.24) is 19.3 Å². The molecule has 0 spiro atoms. The zero-order valence-corrected chi connectivity index (χ0v) is 10.8. The van der Waals surface area contributed by atoms with Gasteiger partial charge in [0.05, 0.1) is 18.5 Å². The maximum Gasteiger partial charge on any atom is 0.167 e. The third-order valence-corrected chi connectivity index (χ3v) is 3.76. The van der Waals surface area contributed by atoms with Crippen LogP contribution < -0.4 is 0 Å². The molecule has 92 valence electrons. The van der Waals surface area contributed by atoms with Gasteiger partial charge in [-0.15, -0.1) is 0 Å². The van der Waals surface area contributed by atoms with E-state index in [1.807, 2.05) is 35.6 Å². The summed E-state index contributed by atoms with van der Waals surface area (Å²) in [5.41, 5.74) is 2.06. The van der Waals surface area contributed by atoms with Gasteiger partial charge in [0.2, 0.25) is 0 Å². The Balaban J connectivity index is 1.90. The molecule has 6 heteroatoms. The summed E-state index contributed by atoms with van der Waals surface area (Å²) >= 11 is 1.69. The Morgan fingerprint density at radius 3 is 2.76 bits per heavy atom. The molecule has 0 aliphatic heterocycles. The quantitative estimate of drug-likeness (QED) is 0.806. The summed E-state index contributed by atoms with van der Waals surface area (Å²) in [7, 11) is 3.87. The zero-order chi connectivity index (χ0) is 12.3. The largest absolute Gasteiger partial charge is 0.390 e. The molecule has 0 unspecified atom stereocenters. The molecule has 0 aromatic carbocycles. The van der Waals surface area contributed by atoms with Crippen LogP contribution in [0.4, 0.5) is 0 Å². The summed E-state index contributed by atoms with van der Waals surface area (Å²) in [6.07, 6.45) is 4.49. The SMILES string of the molecule is Cn1nccc1CCSc1ncc(CO)n1C. The minimum Gasteiger partial charge on any atom is -0.390 e. The molecule has 0 bridgehead atoms. The molecule has 17 heavy (non-hydrogen) atoms. The van der Waals surface area contributed by atoms with Gasteiger partial charge in [0.25, 0.3) is 0 Å². The predicted octanol–water partition coefficient (Wildman–Crippen LogP) is 0.981. The lowest BCUT2D eigenvalue weighted by molar-refractivity contribution is 0.271. The van der Waals surface area contributed by atoms with Crippen LogP contribution in [0.15, 0.2) is 23.6 Å². The third kappa shape index (κ3) is 2.70. The smallest absolute Gasteiger partial charge is 0.167 e. The van der Waals surface area contributed by atoms with Crippen molar-refractivity contribution < 1.29 is 5.11 Å². The minimum atomic E-state index is 0.0335. The predicted molar refractivity (Wildman–Crippen MR) is 66.8 cm³/mol. The molecule has 0 radical (unpaired) electrons. The number of hydrogen-bond donors (Lipinski definition) is 1. The molecule has 5 nitrogen and oxygen atoms in total. The first kappa shape index (κ1) is 12.2. The first-order valence-corrected chi connectivity index (χ1v) is 6.42. The normalized spacial score (nSPS) is 11.0. The summed E-state index contributed by atoms with van der Waals surface area (Å²) in [6.45, 7) is 0.0335. The zero-order valence-electron chi connectivity index (χ0n) is 10.00. The number of nitrogens with zero attached hydrogens (tertiary/aromatic N) is 4. The molecule has 2 aromatic rings. The maximum absolute atomic E-state index is 9.06. The standard InChI is InChI=1S/C11H16N4OS/c1-14-10(8-16)7-12-11(14)17-6-4-9-3-5-13-15(9)2/h3,5,7,16H,4,6,8H2,1-2H3. The molecule has 0 fully saturated rings. The van der Waals surface area contributed by atoms with E-state index >= 15 is 0 Å². The van der Waals surface area contributed by atoms with Gasteiger partial charge in [-0.25, -0.2) is 4.98 Å². The summed E-state index contributed by atoms with van der Waals surface area (Å²) < 4.78 is 3.81. The first-order valence-electron chi connectivity index (χ1n) is 5.43. The van der Waals surface area contributed by atoms with Crippen molar-refractivity contribution in [3.05, 3.63) is 29.8 Å². The molecule has 0 atom stereocenters. The molecular weight excluding hydrogens is 236 g/mol. The lowest BCUT2D eigenvalue weighted by Gasteiger charge is -2.04. The van der Waals surface area contributed by atoms with E-state index in [0.717, 1.165) is 23.0 Å². The van der Waals surface area contributed by atoms with E-state index in [4.69, 9.17) is 5.11 Å². The highest BCUT2D eigenvalue weighted by atomic mass is 32.2. The van der Waals surface area contributed by atoms with Crippen molar-refractivity contribution in [2.45, 2.75) is 18.2 Å². The molecular formula is C11H16N4OS. The molecule has 0 saturated heterocycles. The monoisotopic (exact) mass is 252 g/mol. The van der Waals surface area contributed by atoms with Gasteiger partial charge in [-0.05, 0) is 12.5 Å². The fraction of sp³-hybridized carbons (Fsp3) is 0.455. The maximum atomic E-state index is 9.06. The van der Waals surface area contributed by atoms with E-state index in [9.17, 15) is 0 Å². The minimum absolute atomic E-state index is 0.0335. The lowest BCUT2D eigenvalue weighted by atomic mass is 10.3. The number of aliphatic hydroxyl groups is 1. The van der Waals surface area contributed by atoms with E-state index in [1.54, 1.807) is 18.0 Å². The van der Waals surface area contributed by atoms with E-state index in [-0.39, 0.29) is 6.61 Å². The van der Waals surface area contributed by atoms with E-state index in [2.05, 4.69) is 10.1 Å². The summed E-state index contributed by atoms with van der Waals surface area (Å²) in [5.74, 6) is 0.954. The van der Waals surface area contributed by atoms with Gasteiger partial charge in [-0.1, -0.05) is 11.8 Å². The average Bonchev–Trinajstić information content (AvgIpc) is 2.87. The Labute approximate surface area is 104 Å². The van der Waals surface area contributed by atoms with Crippen LogP contribution in [-0.2, 0) is 27.1 Å². The number of aliphatic hydroxyl groups excluding tert-OH is 1. The Morgan fingerprint density at radius 1 is 1.35 bits per heavy atom. The Kier molecular flexibility index (Phi) is 3.86. The number of imidazole rings is 1. The van der Waals surface area contributed by atoms with Crippen LogP contribution >= 0.6 is 11.8 Å². The van der Waals surface area contributed by atoms with Crippen molar-refractivity contribution >= 4 is 11.8 Å². The molecule has 1 N–H and O–H groups in total. The lowest BCUT2D eigenvalue weighted by Crippen LogP contribution is -2.01. The van der Waals surface area contributed by atoms with Crippen LogP contribution in [0.1, 0.15) is 11.4 Å². The van der Waals surface area contributed by atoms with Crippen LogP contribution in [0.2, 0.25) is 0 Å². The van der Waals surface area contributed by atoms with Crippen molar-refractivity contribution in [3.8, 4) is 0 Å². The second-order valence-electron chi connectivity index (χ2n) is 3.79. The van der Waals surface area contributed by atoms with Crippen molar-refractivity contribution in [3.63, 3.8) is 0 Å². The number of aromatic nitrogens is 4.